The minimum atomic E-state index is 0.152. The minimum absolute atomic E-state index is 0.152. The van der Waals surface area contributed by atoms with Crippen LogP contribution in [0, 0.1) is 6.92 Å². The SMILES string of the molecule is CCNC(=NCc1nnc(C)n1C)NCC1(c2cccc(Br)c2)CCCCC1. The van der Waals surface area contributed by atoms with E-state index in [4.69, 9.17) is 4.99 Å². The normalized spacial score (nSPS) is 16.8. The first kappa shape index (κ1) is 20.8. The third kappa shape index (κ3) is 4.93. The van der Waals surface area contributed by atoms with Crippen LogP contribution in [0.5, 0.6) is 0 Å². The van der Waals surface area contributed by atoms with Crippen molar-refractivity contribution in [1.82, 2.24) is 25.4 Å². The second-order valence-corrected chi connectivity index (χ2v) is 8.54. The van der Waals surface area contributed by atoms with Gasteiger partial charge in [-0.3, -0.25) is 0 Å². The summed E-state index contributed by atoms with van der Waals surface area (Å²) in [5.41, 5.74) is 1.56. The highest BCUT2D eigenvalue weighted by Crippen LogP contribution is 2.39. The minimum Gasteiger partial charge on any atom is -0.357 e. The second kappa shape index (κ2) is 9.54. The number of aryl methyl sites for hydroxylation is 1. The third-order valence-corrected chi connectivity index (χ3v) is 6.24. The molecule has 6 nitrogen and oxygen atoms in total. The fourth-order valence-electron chi connectivity index (χ4n) is 3.95. The van der Waals surface area contributed by atoms with Gasteiger partial charge in [0.15, 0.2) is 11.8 Å². The van der Waals surface area contributed by atoms with Gasteiger partial charge in [0, 0.05) is 30.0 Å². The zero-order chi connectivity index (χ0) is 20.0. The van der Waals surface area contributed by atoms with Gasteiger partial charge in [0.2, 0.25) is 0 Å². The van der Waals surface area contributed by atoms with Crippen LogP contribution in [-0.4, -0.2) is 33.8 Å². The van der Waals surface area contributed by atoms with E-state index >= 15 is 0 Å². The summed E-state index contributed by atoms with van der Waals surface area (Å²) in [5.74, 6) is 2.61. The lowest BCUT2D eigenvalue weighted by Gasteiger charge is -2.38. The Kier molecular flexibility index (Phi) is 7.10. The van der Waals surface area contributed by atoms with Crippen molar-refractivity contribution in [3.63, 3.8) is 0 Å². The molecule has 1 aromatic carbocycles. The molecule has 7 heteroatoms. The summed E-state index contributed by atoms with van der Waals surface area (Å²) >= 11 is 3.65. The summed E-state index contributed by atoms with van der Waals surface area (Å²) < 4.78 is 3.13. The van der Waals surface area contributed by atoms with Crippen LogP contribution in [0.4, 0.5) is 0 Å². The maximum Gasteiger partial charge on any atom is 0.191 e. The first-order valence-electron chi connectivity index (χ1n) is 10.2. The molecule has 0 radical (unpaired) electrons. The predicted molar refractivity (Wildman–Crippen MR) is 117 cm³/mol. The van der Waals surface area contributed by atoms with E-state index in [0.29, 0.717) is 6.54 Å². The maximum atomic E-state index is 4.75. The fraction of sp³-hybridized carbons (Fsp3) is 0.571. The summed E-state index contributed by atoms with van der Waals surface area (Å²) in [6.45, 7) is 6.26. The molecule has 152 valence electrons. The Morgan fingerprint density at radius 1 is 1.21 bits per heavy atom. The highest BCUT2D eigenvalue weighted by Gasteiger charge is 2.34. The number of guanidine groups is 1. The summed E-state index contributed by atoms with van der Waals surface area (Å²) in [4.78, 5) is 4.75. The van der Waals surface area contributed by atoms with Crippen LogP contribution in [0.25, 0.3) is 0 Å². The molecule has 2 aromatic rings. The molecular formula is C21H31BrN6. The van der Waals surface area contributed by atoms with E-state index in [2.05, 4.69) is 68.0 Å². The molecule has 1 saturated carbocycles. The first-order chi connectivity index (χ1) is 13.5. The molecule has 0 aliphatic heterocycles. The number of benzene rings is 1. The molecule has 0 bridgehead atoms. The van der Waals surface area contributed by atoms with Crippen LogP contribution >= 0.6 is 15.9 Å². The Balaban J connectivity index is 1.75. The topological polar surface area (TPSA) is 67.1 Å². The molecule has 0 saturated heterocycles. The van der Waals surface area contributed by atoms with E-state index in [1.807, 2.05) is 18.5 Å². The van der Waals surface area contributed by atoms with Gasteiger partial charge in [-0.2, -0.15) is 0 Å². The first-order valence-corrected chi connectivity index (χ1v) is 11.0. The molecule has 0 atom stereocenters. The summed E-state index contributed by atoms with van der Waals surface area (Å²) in [6, 6.07) is 8.79. The Morgan fingerprint density at radius 3 is 2.64 bits per heavy atom. The lowest BCUT2D eigenvalue weighted by Crippen LogP contribution is -2.46. The van der Waals surface area contributed by atoms with Crippen molar-refractivity contribution in [2.75, 3.05) is 13.1 Å². The lowest BCUT2D eigenvalue weighted by molar-refractivity contribution is 0.291. The van der Waals surface area contributed by atoms with E-state index in [0.717, 1.165) is 35.2 Å². The van der Waals surface area contributed by atoms with Crippen LogP contribution in [0.1, 0.15) is 56.2 Å². The van der Waals surface area contributed by atoms with E-state index in [-0.39, 0.29) is 5.41 Å². The number of nitrogens with one attached hydrogen (secondary N) is 2. The molecule has 0 spiro atoms. The third-order valence-electron chi connectivity index (χ3n) is 5.75. The Labute approximate surface area is 176 Å². The molecule has 1 fully saturated rings. The molecule has 0 amide bonds. The Hall–Kier alpha value is -1.89. The molecule has 1 aliphatic carbocycles. The van der Waals surface area contributed by atoms with Gasteiger partial charge in [0.25, 0.3) is 0 Å². The Bertz CT molecular complexity index is 807. The number of halogens is 1. The van der Waals surface area contributed by atoms with Gasteiger partial charge in [-0.05, 0) is 44.4 Å². The second-order valence-electron chi connectivity index (χ2n) is 7.62. The Morgan fingerprint density at radius 2 is 2.00 bits per heavy atom. The van der Waals surface area contributed by atoms with E-state index in [9.17, 15) is 0 Å². The standard InChI is InChI=1S/C21H31BrN6/c1-4-23-20(24-14-19-27-26-16(2)28(19)3)25-15-21(11-6-5-7-12-21)17-9-8-10-18(22)13-17/h8-10,13H,4-7,11-12,14-15H2,1-3H3,(H2,23,24,25). The van der Waals surface area contributed by atoms with E-state index < -0.39 is 0 Å². The van der Waals surface area contributed by atoms with Crippen molar-refractivity contribution in [3.8, 4) is 0 Å². The molecule has 0 unspecified atom stereocenters. The van der Waals surface area contributed by atoms with Crippen molar-refractivity contribution in [1.29, 1.82) is 0 Å². The smallest absolute Gasteiger partial charge is 0.191 e. The van der Waals surface area contributed by atoms with Gasteiger partial charge in [0.05, 0.1) is 0 Å². The molecule has 1 aromatic heterocycles. The maximum absolute atomic E-state index is 4.75. The summed E-state index contributed by atoms with van der Waals surface area (Å²) in [7, 11) is 1.98. The largest absolute Gasteiger partial charge is 0.357 e. The molecule has 1 aliphatic rings. The average molecular weight is 447 g/mol. The molecule has 1 heterocycles. The molecular weight excluding hydrogens is 416 g/mol. The van der Waals surface area contributed by atoms with Gasteiger partial charge < -0.3 is 15.2 Å². The molecule has 3 rings (SSSR count). The van der Waals surface area contributed by atoms with Gasteiger partial charge in [-0.25, -0.2) is 4.99 Å². The monoisotopic (exact) mass is 446 g/mol. The fourth-order valence-corrected chi connectivity index (χ4v) is 4.35. The van der Waals surface area contributed by atoms with Gasteiger partial charge in [0.1, 0.15) is 12.4 Å². The van der Waals surface area contributed by atoms with Gasteiger partial charge in [-0.1, -0.05) is 47.3 Å². The van der Waals surface area contributed by atoms with Crippen LogP contribution in [0.15, 0.2) is 33.7 Å². The number of aliphatic imine (C=N–C) groups is 1. The van der Waals surface area contributed by atoms with Crippen molar-refractivity contribution >= 4 is 21.9 Å². The predicted octanol–water partition coefficient (Wildman–Crippen LogP) is 3.84. The highest BCUT2D eigenvalue weighted by molar-refractivity contribution is 9.10. The van der Waals surface area contributed by atoms with Crippen LogP contribution in [-0.2, 0) is 19.0 Å². The number of hydrogen-bond donors (Lipinski definition) is 2. The summed E-state index contributed by atoms with van der Waals surface area (Å²) in [6.07, 6.45) is 6.30. The van der Waals surface area contributed by atoms with Crippen LogP contribution in [0.3, 0.4) is 0 Å². The number of rotatable bonds is 6. The van der Waals surface area contributed by atoms with Gasteiger partial charge >= 0.3 is 0 Å². The number of aromatic nitrogens is 3. The van der Waals surface area contributed by atoms with Gasteiger partial charge in [-0.15, -0.1) is 10.2 Å². The molecule has 2 N–H and O–H groups in total. The van der Waals surface area contributed by atoms with Crippen molar-refractivity contribution < 1.29 is 0 Å². The zero-order valence-electron chi connectivity index (χ0n) is 17.1. The number of hydrogen-bond acceptors (Lipinski definition) is 3. The van der Waals surface area contributed by atoms with Crippen molar-refractivity contribution in [3.05, 3.63) is 46.0 Å². The number of nitrogens with zero attached hydrogens (tertiary/aromatic N) is 4. The van der Waals surface area contributed by atoms with Crippen LogP contribution < -0.4 is 10.6 Å². The molecule has 28 heavy (non-hydrogen) atoms. The van der Waals surface area contributed by atoms with Crippen molar-refractivity contribution in [2.24, 2.45) is 12.0 Å². The highest BCUT2D eigenvalue weighted by atomic mass is 79.9. The van der Waals surface area contributed by atoms with Crippen LogP contribution in [0.2, 0.25) is 0 Å². The van der Waals surface area contributed by atoms with E-state index in [1.165, 1.54) is 37.7 Å². The quantitative estimate of drug-likeness (QED) is 0.522. The van der Waals surface area contributed by atoms with E-state index in [1.54, 1.807) is 0 Å². The summed E-state index contributed by atoms with van der Waals surface area (Å²) in [5, 5.41) is 15.3. The zero-order valence-corrected chi connectivity index (χ0v) is 18.7. The average Bonchev–Trinajstić information content (AvgIpc) is 3.03. The lowest BCUT2D eigenvalue weighted by atomic mass is 9.69. The van der Waals surface area contributed by atoms with Crippen molar-refractivity contribution in [2.45, 2.75) is 57.9 Å².